The van der Waals surface area contributed by atoms with Crippen molar-refractivity contribution in [2.75, 3.05) is 39.8 Å². The van der Waals surface area contributed by atoms with E-state index < -0.39 is 23.8 Å². The number of likely N-dealkylation sites (N-methyl/N-ethyl adjacent to an activating group) is 1. The molecule has 0 aromatic carbocycles. The van der Waals surface area contributed by atoms with Crippen LogP contribution in [0.15, 0.2) is 0 Å². The van der Waals surface area contributed by atoms with Gasteiger partial charge in [-0.1, -0.05) is 0 Å². The maximum atomic E-state index is 12.7. The second-order valence-electron chi connectivity index (χ2n) is 7.17. The molecule has 0 aromatic heterocycles. The third-order valence-electron chi connectivity index (χ3n) is 4.01. The number of nitrogens with zero attached hydrogens (tertiary/aromatic N) is 3. The first kappa shape index (κ1) is 17.0. The number of amides is 2. The zero-order valence-corrected chi connectivity index (χ0v) is 13.9. The number of hydrogen-bond acceptors (Lipinski definition) is 5. The lowest BCUT2D eigenvalue weighted by atomic mass is 10.1. The molecule has 0 spiro atoms. The maximum absolute atomic E-state index is 12.7. The number of rotatable bonds is 1. The summed E-state index contributed by atoms with van der Waals surface area (Å²) >= 11 is 0. The number of β-amino-alcohol motifs (C(OH)–C–C–N with tert-alkyl or cyclic N) is 1. The number of likely N-dealkylation sites (tertiary alicyclic amines) is 1. The Morgan fingerprint density at radius 2 is 1.73 bits per heavy atom. The predicted octanol–water partition coefficient (Wildman–Crippen LogP) is 0.131. The minimum Gasteiger partial charge on any atom is -0.444 e. The van der Waals surface area contributed by atoms with Crippen molar-refractivity contribution in [3.05, 3.63) is 0 Å². The summed E-state index contributed by atoms with van der Waals surface area (Å²) < 4.78 is 5.35. The molecule has 0 aromatic rings. The standard InChI is InChI=1S/C15H27N3O4/c1-15(2,3)22-14(21)18-10-11(19)9-12(18)13(20)17-7-5-16(4)6-8-17/h11-12,19H,5-10H2,1-4H3/t11-,12+/m1/s1. The summed E-state index contributed by atoms with van der Waals surface area (Å²) in [7, 11) is 2.02. The van der Waals surface area contributed by atoms with Gasteiger partial charge in [0.05, 0.1) is 12.6 Å². The molecule has 2 heterocycles. The molecular weight excluding hydrogens is 286 g/mol. The van der Waals surface area contributed by atoms with Crippen molar-refractivity contribution in [3.63, 3.8) is 0 Å². The lowest BCUT2D eigenvalue weighted by Gasteiger charge is -2.36. The fraction of sp³-hybridized carbons (Fsp3) is 0.867. The van der Waals surface area contributed by atoms with Crippen molar-refractivity contribution in [2.24, 2.45) is 0 Å². The number of carbonyl (C=O) groups excluding carboxylic acids is 2. The number of aliphatic hydroxyl groups excluding tert-OH is 1. The van der Waals surface area contributed by atoms with Gasteiger partial charge in [-0.3, -0.25) is 9.69 Å². The molecule has 0 unspecified atom stereocenters. The van der Waals surface area contributed by atoms with E-state index >= 15 is 0 Å². The fourth-order valence-electron chi connectivity index (χ4n) is 2.81. The molecule has 2 saturated heterocycles. The van der Waals surface area contributed by atoms with Crippen LogP contribution in [0.4, 0.5) is 4.79 Å². The van der Waals surface area contributed by atoms with Crippen molar-refractivity contribution in [3.8, 4) is 0 Å². The topological polar surface area (TPSA) is 73.3 Å². The summed E-state index contributed by atoms with van der Waals surface area (Å²) in [6.45, 7) is 8.48. The zero-order chi connectivity index (χ0) is 16.5. The van der Waals surface area contributed by atoms with Gasteiger partial charge in [-0.05, 0) is 27.8 Å². The molecule has 2 aliphatic rings. The Morgan fingerprint density at radius 3 is 2.27 bits per heavy atom. The van der Waals surface area contributed by atoms with Crippen molar-refractivity contribution in [1.82, 2.24) is 14.7 Å². The highest BCUT2D eigenvalue weighted by Crippen LogP contribution is 2.23. The van der Waals surface area contributed by atoms with Crippen molar-refractivity contribution in [2.45, 2.75) is 44.9 Å². The Balaban J connectivity index is 2.04. The van der Waals surface area contributed by atoms with Crippen molar-refractivity contribution >= 4 is 12.0 Å². The zero-order valence-electron chi connectivity index (χ0n) is 13.9. The molecule has 2 rings (SSSR count). The largest absolute Gasteiger partial charge is 0.444 e. The monoisotopic (exact) mass is 313 g/mol. The minimum atomic E-state index is -0.672. The van der Waals surface area contributed by atoms with Crippen molar-refractivity contribution < 1.29 is 19.4 Å². The molecule has 22 heavy (non-hydrogen) atoms. The van der Waals surface area contributed by atoms with Gasteiger partial charge in [0, 0.05) is 32.6 Å². The van der Waals surface area contributed by atoms with Gasteiger partial charge in [-0.25, -0.2) is 4.79 Å². The van der Waals surface area contributed by atoms with Crippen LogP contribution in [0.25, 0.3) is 0 Å². The first-order valence-electron chi connectivity index (χ1n) is 7.82. The van der Waals surface area contributed by atoms with Gasteiger partial charge < -0.3 is 19.6 Å². The average molecular weight is 313 g/mol. The van der Waals surface area contributed by atoms with E-state index in [1.165, 1.54) is 4.90 Å². The van der Waals surface area contributed by atoms with Crippen LogP contribution in [0.3, 0.4) is 0 Å². The highest BCUT2D eigenvalue weighted by atomic mass is 16.6. The van der Waals surface area contributed by atoms with Crippen LogP contribution in [0, 0.1) is 0 Å². The Kier molecular flexibility index (Phi) is 4.97. The Hall–Kier alpha value is -1.34. The minimum absolute atomic E-state index is 0.0875. The van der Waals surface area contributed by atoms with Crippen LogP contribution in [0.5, 0.6) is 0 Å². The van der Waals surface area contributed by atoms with E-state index in [0.29, 0.717) is 13.1 Å². The molecule has 2 atom stereocenters. The molecule has 126 valence electrons. The lowest BCUT2D eigenvalue weighted by molar-refractivity contribution is -0.137. The summed E-state index contributed by atoms with van der Waals surface area (Å²) in [5.74, 6) is -0.0875. The van der Waals surface area contributed by atoms with Gasteiger partial charge in [0.1, 0.15) is 11.6 Å². The van der Waals surface area contributed by atoms with Crippen LogP contribution in [0.1, 0.15) is 27.2 Å². The highest BCUT2D eigenvalue weighted by molar-refractivity contribution is 5.86. The number of ether oxygens (including phenoxy) is 1. The van der Waals surface area contributed by atoms with E-state index in [2.05, 4.69) is 4.90 Å². The van der Waals surface area contributed by atoms with Gasteiger partial charge >= 0.3 is 6.09 Å². The van der Waals surface area contributed by atoms with Crippen LogP contribution in [-0.2, 0) is 9.53 Å². The van der Waals surface area contributed by atoms with Crippen LogP contribution < -0.4 is 0 Å². The quantitative estimate of drug-likeness (QED) is 0.745. The second-order valence-corrected chi connectivity index (χ2v) is 7.17. The Labute approximate surface area is 131 Å². The van der Waals surface area contributed by atoms with E-state index in [-0.39, 0.29) is 18.9 Å². The molecule has 0 aliphatic carbocycles. The van der Waals surface area contributed by atoms with E-state index in [0.717, 1.165) is 13.1 Å². The normalized spacial score (nSPS) is 27.1. The van der Waals surface area contributed by atoms with E-state index in [1.54, 1.807) is 25.7 Å². The van der Waals surface area contributed by atoms with Crippen LogP contribution in [-0.4, -0.2) is 89.3 Å². The highest BCUT2D eigenvalue weighted by Gasteiger charge is 2.42. The maximum Gasteiger partial charge on any atom is 0.411 e. The number of aliphatic hydroxyl groups is 1. The lowest BCUT2D eigenvalue weighted by Crippen LogP contribution is -2.54. The van der Waals surface area contributed by atoms with Crippen LogP contribution >= 0.6 is 0 Å². The van der Waals surface area contributed by atoms with Gasteiger partial charge in [-0.15, -0.1) is 0 Å². The van der Waals surface area contributed by atoms with Gasteiger partial charge in [0.2, 0.25) is 5.91 Å². The molecule has 2 fully saturated rings. The summed E-state index contributed by atoms with van der Waals surface area (Å²) in [6, 6.07) is -0.617. The average Bonchev–Trinajstić information content (AvgIpc) is 2.79. The van der Waals surface area contributed by atoms with Crippen LogP contribution in [0.2, 0.25) is 0 Å². The summed E-state index contributed by atoms with van der Waals surface area (Å²) in [5, 5.41) is 9.88. The number of hydrogen-bond donors (Lipinski definition) is 1. The molecule has 0 bridgehead atoms. The number of carbonyl (C=O) groups is 2. The third-order valence-corrected chi connectivity index (χ3v) is 4.01. The molecule has 1 N–H and O–H groups in total. The van der Waals surface area contributed by atoms with Gasteiger partial charge in [0.15, 0.2) is 0 Å². The first-order chi connectivity index (χ1) is 10.2. The fourth-order valence-corrected chi connectivity index (χ4v) is 2.81. The molecule has 7 nitrogen and oxygen atoms in total. The van der Waals surface area contributed by atoms with Crippen molar-refractivity contribution in [1.29, 1.82) is 0 Å². The summed E-state index contributed by atoms with van der Waals surface area (Å²) in [5.41, 5.74) is -0.619. The molecule has 2 aliphatic heterocycles. The summed E-state index contributed by atoms with van der Waals surface area (Å²) in [4.78, 5) is 30.3. The first-order valence-corrected chi connectivity index (χ1v) is 7.82. The SMILES string of the molecule is CN1CCN(C(=O)[C@@H]2C[C@@H](O)CN2C(=O)OC(C)(C)C)CC1. The molecule has 7 heteroatoms. The molecule has 2 amide bonds. The molecule has 0 saturated carbocycles. The number of piperazine rings is 1. The Bertz CT molecular complexity index is 427. The molecule has 0 radical (unpaired) electrons. The smallest absolute Gasteiger partial charge is 0.411 e. The second kappa shape index (κ2) is 6.42. The predicted molar refractivity (Wildman–Crippen MR) is 81.4 cm³/mol. The van der Waals surface area contributed by atoms with Gasteiger partial charge in [-0.2, -0.15) is 0 Å². The molecular formula is C15H27N3O4. The van der Waals surface area contributed by atoms with E-state index in [4.69, 9.17) is 4.74 Å². The third kappa shape index (κ3) is 4.10. The Morgan fingerprint density at radius 1 is 1.14 bits per heavy atom. The summed E-state index contributed by atoms with van der Waals surface area (Å²) in [6.07, 6.45) is -0.921. The van der Waals surface area contributed by atoms with E-state index in [9.17, 15) is 14.7 Å². The van der Waals surface area contributed by atoms with Gasteiger partial charge in [0.25, 0.3) is 0 Å². The van der Waals surface area contributed by atoms with E-state index in [1.807, 2.05) is 7.05 Å².